The van der Waals surface area contributed by atoms with Gasteiger partial charge in [0.15, 0.2) is 11.6 Å². The zero-order chi connectivity index (χ0) is 10.3. The van der Waals surface area contributed by atoms with Gasteiger partial charge in [0.1, 0.15) is 0 Å². The van der Waals surface area contributed by atoms with E-state index in [-0.39, 0.29) is 17.0 Å². The maximum atomic E-state index is 13.4. The Kier molecular flexibility index (Phi) is 1.73. The number of amides is 1. The highest BCUT2D eigenvalue weighted by molar-refractivity contribution is 6.51. The van der Waals surface area contributed by atoms with Crippen LogP contribution in [-0.2, 0) is 4.79 Å². The first-order valence-electron chi connectivity index (χ1n) is 3.87. The average molecular weight is 195 g/mol. The van der Waals surface area contributed by atoms with Crippen molar-refractivity contribution in [3.05, 3.63) is 23.5 Å². The molecule has 5 heteroatoms. The molecule has 1 amide bonds. The number of benzene rings is 1. The summed E-state index contributed by atoms with van der Waals surface area (Å²) in [4.78, 5) is 22.0. The summed E-state index contributed by atoms with van der Waals surface area (Å²) in [6.45, 7) is 0. The standard InChI is InChI=1S/C9H6FNO3/c1-14-5-3-2-4-7(6(5)10)11-9(13)8(4)12/h2-3H,1H3,(H,11,12,13). The number of ether oxygens (including phenoxy) is 1. The second-order valence-electron chi connectivity index (χ2n) is 2.79. The third-order valence-corrected chi connectivity index (χ3v) is 2.02. The molecule has 0 unspecified atom stereocenters. The molecule has 0 aliphatic carbocycles. The molecule has 0 radical (unpaired) electrons. The van der Waals surface area contributed by atoms with E-state index in [2.05, 4.69) is 5.32 Å². The van der Waals surface area contributed by atoms with Gasteiger partial charge in [0.05, 0.1) is 18.4 Å². The van der Waals surface area contributed by atoms with Gasteiger partial charge in [-0.25, -0.2) is 4.39 Å². The van der Waals surface area contributed by atoms with Gasteiger partial charge in [-0.05, 0) is 12.1 Å². The highest BCUT2D eigenvalue weighted by Crippen LogP contribution is 2.31. The van der Waals surface area contributed by atoms with E-state index in [9.17, 15) is 14.0 Å². The van der Waals surface area contributed by atoms with Gasteiger partial charge in [-0.15, -0.1) is 0 Å². The van der Waals surface area contributed by atoms with Crippen molar-refractivity contribution in [2.45, 2.75) is 0 Å². The summed E-state index contributed by atoms with van der Waals surface area (Å²) in [6, 6.07) is 2.67. The van der Waals surface area contributed by atoms with Gasteiger partial charge in [0, 0.05) is 0 Å². The summed E-state index contributed by atoms with van der Waals surface area (Å²) in [5.74, 6) is -2.25. The Bertz CT molecular complexity index is 442. The van der Waals surface area contributed by atoms with Crippen LogP contribution in [0.5, 0.6) is 5.75 Å². The zero-order valence-corrected chi connectivity index (χ0v) is 7.26. The molecule has 14 heavy (non-hydrogen) atoms. The van der Waals surface area contributed by atoms with Crippen LogP contribution in [0.25, 0.3) is 0 Å². The molecule has 0 saturated carbocycles. The first kappa shape index (κ1) is 8.68. The molecule has 0 atom stereocenters. The monoisotopic (exact) mass is 195 g/mol. The Morgan fingerprint density at radius 2 is 2.07 bits per heavy atom. The van der Waals surface area contributed by atoms with E-state index in [0.29, 0.717) is 0 Å². The summed E-state index contributed by atoms with van der Waals surface area (Å²) >= 11 is 0. The molecule has 1 aliphatic rings. The number of hydrogen-bond acceptors (Lipinski definition) is 3. The van der Waals surface area contributed by atoms with E-state index < -0.39 is 17.5 Å². The Morgan fingerprint density at radius 1 is 1.36 bits per heavy atom. The Morgan fingerprint density at radius 3 is 2.71 bits per heavy atom. The number of carbonyl (C=O) groups excluding carboxylic acids is 2. The number of methoxy groups -OCH3 is 1. The molecule has 0 aromatic heterocycles. The molecule has 4 nitrogen and oxygen atoms in total. The SMILES string of the molecule is COc1ccc2c(c1F)NC(=O)C2=O. The van der Waals surface area contributed by atoms with Crippen LogP contribution in [-0.4, -0.2) is 18.8 Å². The zero-order valence-electron chi connectivity index (χ0n) is 7.26. The fraction of sp³-hybridized carbons (Fsp3) is 0.111. The summed E-state index contributed by atoms with van der Waals surface area (Å²) in [5, 5.41) is 2.15. The molecule has 0 spiro atoms. The minimum absolute atomic E-state index is 0.00116. The van der Waals surface area contributed by atoms with Crippen LogP contribution in [0.4, 0.5) is 10.1 Å². The first-order valence-corrected chi connectivity index (χ1v) is 3.87. The van der Waals surface area contributed by atoms with Gasteiger partial charge >= 0.3 is 0 Å². The largest absolute Gasteiger partial charge is 0.494 e. The van der Waals surface area contributed by atoms with Gasteiger partial charge in [-0.2, -0.15) is 0 Å². The second-order valence-corrected chi connectivity index (χ2v) is 2.79. The fourth-order valence-corrected chi connectivity index (χ4v) is 1.32. The second kappa shape index (κ2) is 2.80. The number of fused-ring (bicyclic) bond motifs is 1. The maximum absolute atomic E-state index is 13.4. The maximum Gasteiger partial charge on any atom is 0.296 e. The van der Waals surface area contributed by atoms with Crippen LogP contribution in [0.1, 0.15) is 10.4 Å². The normalized spacial score (nSPS) is 13.9. The van der Waals surface area contributed by atoms with E-state index in [1.165, 1.54) is 19.2 Å². The smallest absolute Gasteiger partial charge is 0.296 e. The number of anilines is 1. The van der Waals surface area contributed by atoms with Crippen molar-refractivity contribution in [2.24, 2.45) is 0 Å². The van der Waals surface area contributed by atoms with E-state index in [4.69, 9.17) is 4.74 Å². The van der Waals surface area contributed by atoms with Gasteiger partial charge in [-0.1, -0.05) is 0 Å². The van der Waals surface area contributed by atoms with E-state index in [1.807, 2.05) is 0 Å². The van der Waals surface area contributed by atoms with Crippen molar-refractivity contribution in [1.29, 1.82) is 0 Å². The van der Waals surface area contributed by atoms with Crippen LogP contribution < -0.4 is 10.1 Å². The Labute approximate surface area is 78.7 Å². The minimum atomic E-state index is -0.813. The number of rotatable bonds is 1. The Hall–Kier alpha value is -1.91. The highest BCUT2D eigenvalue weighted by Gasteiger charge is 2.31. The van der Waals surface area contributed by atoms with Crippen molar-refractivity contribution < 1.29 is 18.7 Å². The van der Waals surface area contributed by atoms with Crippen molar-refractivity contribution in [3.63, 3.8) is 0 Å². The molecule has 1 N–H and O–H groups in total. The number of Topliss-reactive ketones (excluding diaryl/α,β-unsaturated/α-hetero) is 1. The summed E-state index contributed by atoms with van der Waals surface area (Å²) in [5.41, 5.74) is -0.0485. The molecule has 1 aromatic rings. The molecule has 72 valence electrons. The number of hydrogen-bond donors (Lipinski definition) is 1. The molecule has 0 fully saturated rings. The molecule has 0 bridgehead atoms. The molecule has 2 rings (SSSR count). The average Bonchev–Trinajstić information content (AvgIpc) is 2.46. The fourth-order valence-electron chi connectivity index (χ4n) is 1.32. The summed E-state index contributed by atoms with van der Waals surface area (Å²) < 4.78 is 18.1. The van der Waals surface area contributed by atoms with Gasteiger partial charge in [0.25, 0.3) is 11.7 Å². The topological polar surface area (TPSA) is 55.4 Å². The van der Waals surface area contributed by atoms with Gasteiger partial charge in [0.2, 0.25) is 0 Å². The third-order valence-electron chi connectivity index (χ3n) is 2.02. The molecular weight excluding hydrogens is 189 g/mol. The van der Waals surface area contributed by atoms with E-state index in [0.717, 1.165) is 0 Å². The third kappa shape index (κ3) is 0.985. The van der Waals surface area contributed by atoms with Gasteiger partial charge < -0.3 is 10.1 Å². The molecule has 1 aliphatic heterocycles. The van der Waals surface area contributed by atoms with Crippen molar-refractivity contribution in [2.75, 3.05) is 12.4 Å². The van der Waals surface area contributed by atoms with Crippen molar-refractivity contribution >= 4 is 17.4 Å². The van der Waals surface area contributed by atoms with Crippen LogP contribution >= 0.6 is 0 Å². The van der Waals surface area contributed by atoms with Crippen LogP contribution in [0.2, 0.25) is 0 Å². The Balaban J connectivity index is 2.63. The number of ketones is 1. The number of carbonyl (C=O) groups is 2. The summed E-state index contributed by atoms with van der Waals surface area (Å²) in [6.07, 6.45) is 0. The number of halogens is 1. The van der Waals surface area contributed by atoms with Crippen LogP contribution in [0.15, 0.2) is 12.1 Å². The first-order chi connectivity index (χ1) is 6.65. The lowest BCUT2D eigenvalue weighted by molar-refractivity contribution is -0.112. The van der Waals surface area contributed by atoms with Crippen LogP contribution in [0, 0.1) is 5.82 Å². The van der Waals surface area contributed by atoms with Crippen LogP contribution in [0.3, 0.4) is 0 Å². The predicted octanol–water partition coefficient (Wildman–Crippen LogP) is 0.969. The quantitative estimate of drug-likeness (QED) is 0.679. The van der Waals surface area contributed by atoms with E-state index in [1.54, 1.807) is 0 Å². The lowest BCUT2D eigenvalue weighted by atomic mass is 10.1. The number of nitrogens with one attached hydrogen (secondary N) is 1. The molecular formula is C9H6FNO3. The predicted molar refractivity (Wildman–Crippen MR) is 45.9 cm³/mol. The van der Waals surface area contributed by atoms with E-state index >= 15 is 0 Å². The minimum Gasteiger partial charge on any atom is -0.494 e. The molecule has 0 saturated heterocycles. The molecule has 1 aromatic carbocycles. The molecule has 1 heterocycles. The summed E-state index contributed by atoms with van der Waals surface area (Å²) in [7, 11) is 1.31. The lowest BCUT2D eigenvalue weighted by Gasteiger charge is -2.04. The lowest BCUT2D eigenvalue weighted by Crippen LogP contribution is -2.12. The van der Waals surface area contributed by atoms with Crippen molar-refractivity contribution in [1.82, 2.24) is 0 Å². The van der Waals surface area contributed by atoms with Gasteiger partial charge in [-0.3, -0.25) is 9.59 Å². The highest BCUT2D eigenvalue weighted by atomic mass is 19.1. The van der Waals surface area contributed by atoms with Crippen molar-refractivity contribution in [3.8, 4) is 5.75 Å².